The third kappa shape index (κ3) is 4.06. The molecule has 0 spiro atoms. The first-order valence-electron chi connectivity index (χ1n) is 9.42. The normalized spacial score (nSPS) is 18.1. The summed E-state index contributed by atoms with van der Waals surface area (Å²) >= 11 is 0. The highest BCUT2D eigenvalue weighted by Crippen LogP contribution is 2.24. The van der Waals surface area contributed by atoms with Gasteiger partial charge in [-0.3, -0.25) is 14.5 Å². The SMILES string of the molecule is CC(NC(=O)CCCN1C(=O)CN(C)C1=O)c1ccc2c(c1)CCCC2. The lowest BCUT2D eigenvalue weighted by atomic mass is 9.89. The lowest BCUT2D eigenvalue weighted by Gasteiger charge is -2.20. The topological polar surface area (TPSA) is 69.7 Å². The predicted molar refractivity (Wildman–Crippen MR) is 98.6 cm³/mol. The van der Waals surface area contributed by atoms with Gasteiger partial charge in [0.05, 0.1) is 6.04 Å². The highest BCUT2D eigenvalue weighted by molar-refractivity contribution is 6.01. The number of aryl methyl sites for hydroxylation is 2. The van der Waals surface area contributed by atoms with E-state index in [4.69, 9.17) is 0 Å². The van der Waals surface area contributed by atoms with Gasteiger partial charge in [-0.25, -0.2) is 4.79 Å². The number of rotatable bonds is 6. The summed E-state index contributed by atoms with van der Waals surface area (Å²) in [5, 5.41) is 3.02. The summed E-state index contributed by atoms with van der Waals surface area (Å²) in [6.45, 7) is 2.41. The maximum absolute atomic E-state index is 12.2. The first kappa shape index (κ1) is 18.4. The van der Waals surface area contributed by atoms with Crippen molar-refractivity contribution >= 4 is 17.8 Å². The Balaban J connectivity index is 1.47. The van der Waals surface area contributed by atoms with Gasteiger partial charge in [0.2, 0.25) is 11.8 Å². The van der Waals surface area contributed by atoms with Crippen LogP contribution in [-0.2, 0) is 22.4 Å². The molecule has 140 valence electrons. The van der Waals surface area contributed by atoms with E-state index in [0.717, 1.165) is 18.4 Å². The van der Waals surface area contributed by atoms with Gasteiger partial charge in [-0.1, -0.05) is 18.2 Å². The number of hydrogen-bond acceptors (Lipinski definition) is 3. The summed E-state index contributed by atoms with van der Waals surface area (Å²) in [4.78, 5) is 38.3. The minimum absolute atomic E-state index is 0.0455. The van der Waals surface area contributed by atoms with Crippen LogP contribution >= 0.6 is 0 Å². The molecule has 3 rings (SSSR count). The zero-order valence-electron chi connectivity index (χ0n) is 15.6. The highest BCUT2D eigenvalue weighted by atomic mass is 16.2. The van der Waals surface area contributed by atoms with Gasteiger partial charge in [0.15, 0.2) is 0 Å². The van der Waals surface area contributed by atoms with Gasteiger partial charge >= 0.3 is 6.03 Å². The quantitative estimate of drug-likeness (QED) is 0.795. The molecule has 6 heteroatoms. The molecule has 1 N–H and O–H groups in total. The first-order chi connectivity index (χ1) is 12.5. The van der Waals surface area contributed by atoms with Crippen LogP contribution in [0.5, 0.6) is 0 Å². The Labute approximate surface area is 154 Å². The summed E-state index contributed by atoms with van der Waals surface area (Å²) in [6, 6.07) is 6.19. The van der Waals surface area contributed by atoms with Gasteiger partial charge in [0.25, 0.3) is 0 Å². The van der Waals surface area contributed by atoms with E-state index in [0.29, 0.717) is 19.4 Å². The first-order valence-corrected chi connectivity index (χ1v) is 9.42. The summed E-state index contributed by atoms with van der Waals surface area (Å²) < 4.78 is 0. The zero-order chi connectivity index (χ0) is 18.7. The maximum atomic E-state index is 12.2. The molecule has 1 aliphatic heterocycles. The monoisotopic (exact) mass is 357 g/mol. The summed E-state index contributed by atoms with van der Waals surface area (Å²) in [5.74, 6) is -0.247. The molecule has 0 radical (unpaired) electrons. The van der Waals surface area contributed by atoms with Crippen LogP contribution in [0, 0.1) is 0 Å². The van der Waals surface area contributed by atoms with Gasteiger partial charge in [0, 0.05) is 20.0 Å². The van der Waals surface area contributed by atoms with Crippen molar-refractivity contribution < 1.29 is 14.4 Å². The molecule has 1 aliphatic carbocycles. The van der Waals surface area contributed by atoms with Crippen molar-refractivity contribution in [1.82, 2.24) is 15.1 Å². The Morgan fingerprint density at radius 2 is 1.92 bits per heavy atom. The van der Waals surface area contributed by atoms with E-state index < -0.39 is 0 Å². The van der Waals surface area contributed by atoms with E-state index >= 15 is 0 Å². The second-order valence-corrected chi connectivity index (χ2v) is 7.31. The number of imide groups is 1. The molecule has 4 amide bonds. The number of fused-ring (bicyclic) bond motifs is 1. The van der Waals surface area contributed by atoms with Crippen LogP contribution in [0.4, 0.5) is 4.79 Å². The van der Waals surface area contributed by atoms with Crippen molar-refractivity contribution in [3.63, 3.8) is 0 Å². The Bertz CT molecular complexity index is 716. The van der Waals surface area contributed by atoms with Crippen molar-refractivity contribution in [3.8, 4) is 0 Å². The second kappa shape index (κ2) is 7.89. The Morgan fingerprint density at radius 3 is 2.62 bits per heavy atom. The smallest absolute Gasteiger partial charge is 0.326 e. The molecule has 1 aromatic rings. The molecule has 2 aliphatic rings. The number of benzene rings is 1. The van der Waals surface area contributed by atoms with Crippen LogP contribution in [0.15, 0.2) is 18.2 Å². The maximum Gasteiger partial charge on any atom is 0.326 e. The molecule has 1 atom stereocenters. The molecular formula is C20H27N3O3. The van der Waals surface area contributed by atoms with Gasteiger partial charge in [0.1, 0.15) is 6.54 Å². The number of carbonyl (C=O) groups excluding carboxylic acids is 3. The van der Waals surface area contributed by atoms with E-state index in [1.54, 1.807) is 7.05 Å². The Kier molecular flexibility index (Phi) is 5.59. The number of carbonyl (C=O) groups is 3. The van der Waals surface area contributed by atoms with Gasteiger partial charge in [-0.15, -0.1) is 0 Å². The third-order valence-electron chi connectivity index (χ3n) is 5.27. The van der Waals surface area contributed by atoms with Crippen molar-refractivity contribution in [3.05, 3.63) is 34.9 Å². The highest BCUT2D eigenvalue weighted by Gasteiger charge is 2.32. The van der Waals surface area contributed by atoms with Crippen LogP contribution in [0.1, 0.15) is 55.3 Å². The van der Waals surface area contributed by atoms with Gasteiger partial charge < -0.3 is 10.2 Å². The van der Waals surface area contributed by atoms with E-state index in [1.165, 1.54) is 33.8 Å². The lowest BCUT2D eigenvalue weighted by Crippen LogP contribution is -2.33. The van der Waals surface area contributed by atoms with E-state index in [9.17, 15) is 14.4 Å². The average Bonchev–Trinajstić information content (AvgIpc) is 2.87. The van der Waals surface area contributed by atoms with Crippen LogP contribution in [-0.4, -0.2) is 47.8 Å². The summed E-state index contributed by atoms with van der Waals surface area (Å²) in [7, 11) is 1.60. The number of urea groups is 1. The minimum Gasteiger partial charge on any atom is -0.350 e. The van der Waals surface area contributed by atoms with E-state index in [-0.39, 0.29) is 30.4 Å². The number of amides is 4. The standard InChI is InChI=1S/C20H27N3O3/c1-14(16-10-9-15-6-3-4-7-17(15)12-16)21-18(24)8-5-11-23-19(25)13-22(2)20(23)26/h9-10,12,14H,3-8,11,13H2,1-2H3,(H,21,24). The van der Waals surface area contributed by atoms with Gasteiger partial charge in [-0.2, -0.15) is 0 Å². The van der Waals surface area contributed by atoms with E-state index in [2.05, 4.69) is 23.5 Å². The van der Waals surface area contributed by atoms with Crippen molar-refractivity contribution in [2.45, 2.75) is 51.5 Å². The molecule has 0 aromatic heterocycles. The fourth-order valence-corrected chi connectivity index (χ4v) is 3.71. The lowest BCUT2D eigenvalue weighted by molar-refractivity contribution is -0.126. The number of nitrogens with zero attached hydrogens (tertiary/aromatic N) is 2. The molecule has 1 unspecified atom stereocenters. The van der Waals surface area contributed by atoms with Gasteiger partial charge in [-0.05, 0) is 55.7 Å². The molecule has 0 bridgehead atoms. The molecule has 1 fully saturated rings. The van der Waals surface area contributed by atoms with Crippen LogP contribution in [0.2, 0.25) is 0 Å². The van der Waals surface area contributed by atoms with E-state index in [1.807, 2.05) is 6.92 Å². The zero-order valence-corrected chi connectivity index (χ0v) is 15.6. The molecular weight excluding hydrogens is 330 g/mol. The summed E-state index contributed by atoms with van der Waals surface area (Å²) in [6.07, 6.45) is 5.55. The molecule has 1 heterocycles. The Hall–Kier alpha value is -2.37. The van der Waals surface area contributed by atoms with Crippen LogP contribution in [0.3, 0.4) is 0 Å². The average molecular weight is 357 g/mol. The number of likely N-dealkylation sites (N-methyl/N-ethyl adjacent to an activating group) is 1. The largest absolute Gasteiger partial charge is 0.350 e. The molecule has 26 heavy (non-hydrogen) atoms. The minimum atomic E-state index is -0.280. The third-order valence-corrected chi connectivity index (χ3v) is 5.27. The number of hydrogen-bond donors (Lipinski definition) is 1. The molecule has 1 saturated heterocycles. The molecule has 6 nitrogen and oxygen atoms in total. The molecule has 1 aromatic carbocycles. The number of nitrogens with one attached hydrogen (secondary N) is 1. The predicted octanol–water partition coefficient (Wildman–Crippen LogP) is 2.42. The van der Waals surface area contributed by atoms with Crippen molar-refractivity contribution in [2.24, 2.45) is 0 Å². The van der Waals surface area contributed by atoms with Crippen molar-refractivity contribution in [1.29, 1.82) is 0 Å². The van der Waals surface area contributed by atoms with Crippen molar-refractivity contribution in [2.75, 3.05) is 20.1 Å². The fraction of sp³-hybridized carbons (Fsp3) is 0.550. The van der Waals surface area contributed by atoms with Crippen LogP contribution in [0.25, 0.3) is 0 Å². The second-order valence-electron chi connectivity index (χ2n) is 7.31. The van der Waals surface area contributed by atoms with Crippen LogP contribution < -0.4 is 5.32 Å². The fourth-order valence-electron chi connectivity index (χ4n) is 3.71. The molecule has 0 saturated carbocycles. The summed E-state index contributed by atoms with van der Waals surface area (Å²) in [5.41, 5.74) is 3.97. The Morgan fingerprint density at radius 1 is 1.19 bits per heavy atom.